The summed E-state index contributed by atoms with van der Waals surface area (Å²) in [4.78, 5) is 13.3. The Morgan fingerprint density at radius 2 is 1.88 bits per heavy atom. The number of piperidine rings is 1. The Hall–Kier alpha value is -1.16. The molecule has 4 nitrogen and oxygen atoms in total. The Labute approximate surface area is 103 Å². The van der Waals surface area contributed by atoms with Crippen LogP contribution in [0.1, 0.15) is 40.5 Å². The highest BCUT2D eigenvalue weighted by molar-refractivity contribution is 5.84. The number of carbonyl (C=O) groups excluding carboxylic acids is 1. The van der Waals surface area contributed by atoms with Crippen molar-refractivity contribution in [1.82, 2.24) is 4.90 Å². The maximum Gasteiger partial charge on any atom is 0.331 e. The van der Waals surface area contributed by atoms with Crippen LogP contribution >= 0.6 is 0 Å². The molecule has 1 aliphatic rings. The lowest BCUT2D eigenvalue weighted by Crippen LogP contribution is -2.61. The van der Waals surface area contributed by atoms with Crippen LogP contribution in [-0.4, -0.2) is 34.4 Å². The first-order valence-corrected chi connectivity index (χ1v) is 5.82. The maximum absolute atomic E-state index is 11.1. The molecule has 1 fully saturated rings. The summed E-state index contributed by atoms with van der Waals surface area (Å²) in [5.41, 5.74) is 0.423. The van der Waals surface area contributed by atoms with Gasteiger partial charge in [-0.15, -0.1) is 0 Å². The molecule has 1 N–H and O–H groups in total. The number of nitrogens with one attached hydrogen (secondary N) is 1. The van der Waals surface area contributed by atoms with Crippen LogP contribution in [0.4, 0.5) is 0 Å². The molecule has 17 heavy (non-hydrogen) atoms. The fraction of sp³-hybridized carbons (Fsp3) is 0.692. The molecule has 1 rings (SSSR count). The Morgan fingerprint density at radius 1 is 1.41 bits per heavy atom. The van der Waals surface area contributed by atoms with Gasteiger partial charge in [0.15, 0.2) is 0 Å². The molecule has 0 aliphatic carbocycles. The third-order valence-electron chi connectivity index (χ3n) is 3.26. The van der Waals surface area contributed by atoms with E-state index in [1.165, 1.54) is 6.08 Å². The van der Waals surface area contributed by atoms with Crippen molar-refractivity contribution >= 4 is 11.7 Å². The van der Waals surface area contributed by atoms with E-state index in [-0.39, 0.29) is 17.8 Å². The molecule has 0 aromatic carbocycles. The largest absolute Gasteiger partial charge is 0.446 e. The summed E-state index contributed by atoms with van der Waals surface area (Å²) < 4.78 is 5.14. The summed E-state index contributed by atoms with van der Waals surface area (Å²) in [5, 5.41) is 7.89. The highest BCUT2D eigenvalue weighted by Crippen LogP contribution is 2.36. The van der Waals surface area contributed by atoms with Crippen LogP contribution in [0.25, 0.3) is 0 Å². The summed E-state index contributed by atoms with van der Waals surface area (Å²) in [7, 11) is 0. The van der Waals surface area contributed by atoms with Crippen LogP contribution in [0.3, 0.4) is 0 Å². The zero-order valence-electron chi connectivity index (χ0n) is 11.2. The molecule has 1 saturated heterocycles. The number of likely N-dealkylation sites (tertiary alicyclic amines) is 1. The molecular weight excluding hydrogens is 216 g/mol. The lowest BCUT2D eigenvalue weighted by atomic mass is 9.79. The molecule has 1 heterocycles. The van der Waals surface area contributed by atoms with E-state index >= 15 is 0 Å². The van der Waals surface area contributed by atoms with Gasteiger partial charge >= 0.3 is 5.97 Å². The average Bonchev–Trinajstić information content (AvgIpc) is 2.12. The predicted octanol–water partition coefficient (Wildman–Crippen LogP) is 2.35. The minimum absolute atomic E-state index is 0.166. The maximum atomic E-state index is 11.1. The number of hydrogen-bond donors (Lipinski definition) is 1. The van der Waals surface area contributed by atoms with Crippen molar-refractivity contribution in [2.24, 2.45) is 0 Å². The van der Waals surface area contributed by atoms with Crippen molar-refractivity contribution in [2.45, 2.75) is 51.6 Å². The van der Waals surface area contributed by atoms with E-state index < -0.39 is 5.97 Å². The van der Waals surface area contributed by atoms with Gasteiger partial charge in [0.2, 0.25) is 0 Å². The molecule has 1 aliphatic heterocycles. The highest BCUT2D eigenvalue weighted by Gasteiger charge is 2.43. The lowest BCUT2D eigenvalue weighted by molar-refractivity contribution is -0.151. The second-order valence-corrected chi connectivity index (χ2v) is 5.81. The molecular formula is C13H22N2O2. The van der Waals surface area contributed by atoms with E-state index in [0.29, 0.717) is 12.8 Å². The van der Waals surface area contributed by atoms with E-state index in [4.69, 9.17) is 10.1 Å². The van der Waals surface area contributed by atoms with Gasteiger partial charge in [-0.05, 0) is 27.7 Å². The molecule has 4 heteroatoms. The monoisotopic (exact) mass is 238 g/mol. The summed E-state index contributed by atoms with van der Waals surface area (Å²) >= 11 is 0. The van der Waals surface area contributed by atoms with E-state index in [1.807, 2.05) is 0 Å². The molecule has 0 aromatic rings. The van der Waals surface area contributed by atoms with Gasteiger partial charge in [0.25, 0.3) is 0 Å². The molecule has 0 unspecified atom stereocenters. The summed E-state index contributed by atoms with van der Waals surface area (Å²) in [5.74, 6) is -0.405. The van der Waals surface area contributed by atoms with E-state index in [0.717, 1.165) is 5.71 Å². The third kappa shape index (κ3) is 3.16. The van der Waals surface area contributed by atoms with Gasteiger partial charge in [-0.2, -0.15) is 0 Å². The SMILES string of the molecule is C=CC(=O)OCN1C(C)(C)CC(=N)CC1(C)C. The van der Waals surface area contributed by atoms with Crippen molar-refractivity contribution in [2.75, 3.05) is 6.73 Å². The zero-order chi connectivity index (χ0) is 13.3. The first kappa shape index (κ1) is 13.9. The number of hydrogen-bond acceptors (Lipinski definition) is 4. The van der Waals surface area contributed by atoms with E-state index in [9.17, 15) is 4.79 Å². The van der Waals surface area contributed by atoms with Crippen molar-refractivity contribution in [3.8, 4) is 0 Å². The van der Waals surface area contributed by atoms with Gasteiger partial charge in [0.1, 0.15) is 6.73 Å². The van der Waals surface area contributed by atoms with Crippen LogP contribution in [-0.2, 0) is 9.53 Å². The number of carbonyl (C=O) groups is 1. The standard InChI is InChI=1S/C13H22N2O2/c1-6-11(16)17-9-15-12(2,3)7-10(14)8-13(15,4)5/h6,14H,1,7-9H2,2-5H3. The summed E-state index contributed by atoms with van der Waals surface area (Å²) in [6.45, 7) is 11.9. The third-order valence-corrected chi connectivity index (χ3v) is 3.26. The Kier molecular flexibility index (Phi) is 3.77. The number of esters is 1. The van der Waals surface area contributed by atoms with Gasteiger partial charge in [0, 0.05) is 35.7 Å². The number of nitrogens with zero attached hydrogens (tertiary/aromatic N) is 1. The van der Waals surface area contributed by atoms with Crippen molar-refractivity contribution in [3.05, 3.63) is 12.7 Å². The zero-order valence-corrected chi connectivity index (χ0v) is 11.2. The molecule has 0 amide bonds. The van der Waals surface area contributed by atoms with Gasteiger partial charge in [-0.25, -0.2) is 4.79 Å². The van der Waals surface area contributed by atoms with Crippen LogP contribution in [0.2, 0.25) is 0 Å². The minimum atomic E-state index is -0.405. The number of ether oxygens (including phenoxy) is 1. The van der Waals surface area contributed by atoms with Gasteiger partial charge in [-0.1, -0.05) is 6.58 Å². The summed E-state index contributed by atoms with van der Waals surface area (Å²) in [6.07, 6.45) is 2.59. The Morgan fingerprint density at radius 3 is 2.29 bits per heavy atom. The molecule has 0 saturated carbocycles. The molecule has 0 radical (unpaired) electrons. The first-order chi connectivity index (χ1) is 7.69. The molecule has 0 bridgehead atoms. The van der Waals surface area contributed by atoms with Crippen molar-refractivity contribution < 1.29 is 9.53 Å². The highest BCUT2D eigenvalue weighted by atomic mass is 16.5. The van der Waals surface area contributed by atoms with Gasteiger partial charge in [-0.3, -0.25) is 4.90 Å². The molecule has 0 aromatic heterocycles. The van der Waals surface area contributed by atoms with E-state index in [1.54, 1.807) is 0 Å². The Balaban J connectivity index is 2.81. The van der Waals surface area contributed by atoms with Crippen LogP contribution in [0.5, 0.6) is 0 Å². The van der Waals surface area contributed by atoms with Crippen molar-refractivity contribution in [3.63, 3.8) is 0 Å². The first-order valence-electron chi connectivity index (χ1n) is 5.82. The van der Waals surface area contributed by atoms with Gasteiger partial charge in [0.05, 0.1) is 0 Å². The second kappa shape index (κ2) is 4.61. The Bertz CT molecular complexity index is 325. The molecule has 0 spiro atoms. The minimum Gasteiger partial charge on any atom is -0.446 e. The molecule has 96 valence electrons. The van der Waals surface area contributed by atoms with Crippen molar-refractivity contribution in [1.29, 1.82) is 5.41 Å². The van der Waals surface area contributed by atoms with Crippen LogP contribution in [0.15, 0.2) is 12.7 Å². The lowest BCUT2D eigenvalue weighted by Gasteiger charge is -2.52. The van der Waals surface area contributed by atoms with Crippen LogP contribution < -0.4 is 0 Å². The van der Waals surface area contributed by atoms with Gasteiger partial charge < -0.3 is 10.1 Å². The number of rotatable bonds is 3. The smallest absolute Gasteiger partial charge is 0.331 e. The normalized spacial score (nSPS) is 23.2. The topological polar surface area (TPSA) is 53.4 Å². The summed E-state index contributed by atoms with van der Waals surface area (Å²) in [6, 6.07) is 0. The molecule has 0 atom stereocenters. The predicted molar refractivity (Wildman–Crippen MR) is 68.1 cm³/mol. The van der Waals surface area contributed by atoms with Crippen LogP contribution in [0, 0.1) is 5.41 Å². The van der Waals surface area contributed by atoms with E-state index in [2.05, 4.69) is 39.2 Å². The average molecular weight is 238 g/mol. The fourth-order valence-corrected chi connectivity index (χ4v) is 2.65. The second-order valence-electron chi connectivity index (χ2n) is 5.81. The quantitative estimate of drug-likeness (QED) is 0.606. The fourth-order valence-electron chi connectivity index (χ4n) is 2.65.